The van der Waals surface area contributed by atoms with Gasteiger partial charge in [0.05, 0.1) is 6.10 Å². The quantitative estimate of drug-likeness (QED) is 0.201. The molecule has 0 aromatic heterocycles. The smallest absolute Gasteiger partial charge is 0.222 e. The van der Waals surface area contributed by atoms with Gasteiger partial charge in [0.25, 0.3) is 0 Å². The molecule has 258 valence electrons. The lowest BCUT2D eigenvalue weighted by Crippen LogP contribution is -2.51. The van der Waals surface area contributed by atoms with Gasteiger partial charge in [-0.3, -0.25) is 4.79 Å². The Bertz CT molecular complexity index is 1290. The number of aliphatic hydroxyl groups is 1. The van der Waals surface area contributed by atoms with E-state index in [0.29, 0.717) is 30.6 Å². The van der Waals surface area contributed by atoms with Gasteiger partial charge in [0.2, 0.25) is 5.91 Å². The molecule has 2 aromatic rings. The molecule has 6 rings (SSSR count). The lowest BCUT2D eigenvalue weighted by molar-refractivity contribution is -0.131. The summed E-state index contributed by atoms with van der Waals surface area (Å²) in [6, 6.07) is 16.2. The van der Waals surface area contributed by atoms with Crippen LogP contribution in [0.2, 0.25) is 0 Å². The maximum absolute atomic E-state index is 16.1. The average Bonchev–Trinajstić information content (AvgIpc) is 3.37. The molecule has 5 heteroatoms. The zero-order chi connectivity index (χ0) is 32.8. The second-order valence-electron chi connectivity index (χ2n) is 16.1. The van der Waals surface area contributed by atoms with Gasteiger partial charge in [-0.1, -0.05) is 94.7 Å². The summed E-state index contributed by atoms with van der Waals surface area (Å²) < 4.78 is 16.1. The lowest BCUT2D eigenvalue weighted by Gasteiger charge is -2.54. The van der Waals surface area contributed by atoms with Crippen molar-refractivity contribution in [2.24, 2.45) is 29.1 Å². The summed E-state index contributed by atoms with van der Waals surface area (Å²) in [5.41, 5.74) is 3.23. The second-order valence-corrected chi connectivity index (χ2v) is 16.1. The maximum atomic E-state index is 16.1. The molecule has 4 aliphatic carbocycles. The van der Waals surface area contributed by atoms with Crippen LogP contribution in [0.25, 0.3) is 0 Å². The Kier molecular flexibility index (Phi) is 11.6. The van der Waals surface area contributed by atoms with Gasteiger partial charge in [-0.25, -0.2) is 4.39 Å². The van der Waals surface area contributed by atoms with E-state index in [1.54, 1.807) is 6.07 Å². The van der Waals surface area contributed by atoms with Gasteiger partial charge in [-0.2, -0.15) is 0 Å². The number of alkyl halides is 1. The standard InChI is InChI=1S/C42H60FNO3/c1-42-29-37(43)41-35-21-20-34(45)28-33(35)27-32(40(41)36(42)22-23-38(42)46)18-10-2-3-11-25-44(26-12-17-30-13-6-4-7-14-30)39(47)24-19-31-15-8-5-9-16-31/h4,6-7,13-14,20-21,28,31-32,36-38,40-41,45-46H,2-3,5,8-12,15-19,22-27,29H2,1H3/t32-,36?,37+,38+,40?,41?,42+/m1/s1. The van der Waals surface area contributed by atoms with E-state index < -0.39 is 12.3 Å². The van der Waals surface area contributed by atoms with Gasteiger partial charge in [0, 0.05) is 25.4 Å². The number of amides is 1. The van der Waals surface area contributed by atoms with E-state index in [9.17, 15) is 15.0 Å². The van der Waals surface area contributed by atoms with Crippen molar-refractivity contribution in [1.82, 2.24) is 4.90 Å². The summed E-state index contributed by atoms with van der Waals surface area (Å²) in [4.78, 5) is 15.6. The average molecular weight is 646 g/mol. The fraction of sp³-hybridized carbons (Fsp3) is 0.690. The topological polar surface area (TPSA) is 60.8 Å². The first-order valence-electron chi connectivity index (χ1n) is 19.3. The van der Waals surface area contributed by atoms with Crippen LogP contribution in [-0.2, 0) is 17.6 Å². The largest absolute Gasteiger partial charge is 0.508 e. The minimum absolute atomic E-state index is 0.128. The van der Waals surface area contributed by atoms with Crippen molar-refractivity contribution >= 4 is 5.91 Å². The Hall–Kier alpha value is -2.40. The van der Waals surface area contributed by atoms with E-state index in [2.05, 4.69) is 42.2 Å². The van der Waals surface area contributed by atoms with E-state index >= 15 is 4.39 Å². The van der Waals surface area contributed by atoms with Crippen LogP contribution in [0.15, 0.2) is 48.5 Å². The van der Waals surface area contributed by atoms with E-state index in [0.717, 1.165) is 101 Å². The molecule has 4 aliphatic rings. The first-order valence-corrected chi connectivity index (χ1v) is 19.3. The molecular formula is C42H60FNO3. The molecular weight excluding hydrogens is 585 g/mol. The predicted molar refractivity (Wildman–Crippen MR) is 188 cm³/mol. The van der Waals surface area contributed by atoms with Crippen LogP contribution >= 0.6 is 0 Å². The molecule has 7 atom stereocenters. The van der Waals surface area contributed by atoms with E-state index in [1.807, 2.05) is 12.1 Å². The molecule has 0 aliphatic heterocycles. The minimum atomic E-state index is -0.955. The number of phenols is 1. The molecule has 4 nitrogen and oxygen atoms in total. The number of carbonyl (C=O) groups is 1. The summed E-state index contributed by atoms with van der Waals surface area (Å²) >= 11 is 0. The van der Waals surface area contributed by atoms with Gasteiger partial charge in [-0.15, -0.1) is 0 Å². The summed E-state index contributed by atoms with van der Waals surface area (Å²) in [5, 5.41) is 21.2. The maximum Gasteiger partial charge on any atom is 0.222 e. The first kappa shape index (κ1) is 34.5. The summed E-state index contributed by atoms with van der Waals surface area (Å²) in [6.45, 7) is 3.83. The Morgan fingerprint density at radius 1 is 0.915 bits per heavy atom. The molecule has 0 bridgehead atoms. The highest BCUT2D eigenvalue weighted by atomic mass is 19.1. The Labute approximate surface area is 283 Å². The normalized spacial score (nSPS) is 30.4. The molecule has 2 N–H and O–H groups in total. The van der Waals surface area contributed by atoms with Crippen molar-refractivity contribution < 1.29 is 19.4 Å². The molecule has 2 aromatic carbocycles. The van der Waals surface area contributed by atoms with Crippen LogP contribution in [0.3, 0.4) is 0 Å². The molecule has 1 amide bonds. The number of nitrogens with zero attached hydrogens (tertiary/aromatic N) is 1. The zero-order valence-corrected chi connectivity index (χ0v) is 28.9. The SMILES string of the molecule is C[C@]12C[C@H](F)C3c4ccc(O)cc4C[C@@H](CCCCCCN(CCCc4ccccc4)C(=O)CCC4CCCCC4)C3C1CC[C@@H]2O. The van der Waals surface area contributed by atoms with Gasteiger partial charge >= 0.3 is 0 Å². The summed E-state index contributed by atoms with van der Waals surface area (Å²) in [5.74, 6) is 2.20. The molecule has 0 heterocycles. The van der Waals surface area contributed by atoms with Crippen molar-refractivity contribution in [3.63, 3.8) is 0 Å². The molecule has 3 unspecified atom stereocenters. The van der Waals surface area contributed by atoms with Crippen LogP contribution in [0.5, 0.6) is 5.75 Å². The second kappa shape index (κ2) is 15.9. The number of hydrogen-bond acceptors (Lipinski definition) is 3. The fourth-order valence-corrected chi connectivity index (χ4v) is 10.5. The highest BCUT2D eigenvalue weighted by molar-refractivity contribution is 5.76. The van der Waals surface area contributed by atoms with Gasteiger partial charge in [-0.05, 0) is 116 Å². The van der Waals surface area contributed by atoms with E-state index in [4.69, 9.17) is 0 Å². The number of halogens is 1. The first-order chi connectivity index (χ1) is 22.8. The Morgan fingerprint density at radius 3 is 2.49 bits per heavy atom. The third-order valence-electron chi connectivity index (χ3n) is 13.1. The number of phenolic OH excluding ortho intramolecular Hbond substituents is 1. The van der Waals surface area contributed by atoms with Crippen LogP contribution in [0, 0.1) is 29.1 Å². The van der Waals surface area contributed by atoms with Crippen molar-refractivity contribution in [3.05, 3.63) is 65.2 Å². The molecule has 0 saturated heterocycles. The number of benzene rings is 2. The predicted octanol–water partition coefficient (Wildman–Crippen LogP) is 9.56. The lowest BCUT2D eigenvalue weighted by atomic mass is 9.51. The summed E-state index contributed by atoms with van der Waals surface area (Å²) in [7, 11) is 0. The molecule has 3 fully saturated rings. The highest BCUT2D eigenvalue weighted by Gasteiger charge is 2.59. The highest BCUT2D eigenvalue weighted by Crippen LogP contribution is 2.63. The number of aliphatic hydroxyl groups excluding tert-OH is 1. The van der Waals surface area contributed by atoms with Gasteiger partial charge in [0.15, 0.2) is 0 Å². The number of carbonyl (C=O) groups excluding carboxylic acids is 1. The number of fused-ring (bicyclic) bond motifs is 5. The van der Waals surface area contributed by atoms with Crippen molar-refractivity contribution in [2.75, 3.05) is 13.1 Å². The fourth-order valence-electron chi connectivity index (χ4n) is 10.5. The number of unbranched alkanes of at least 4 members (excludes halogenated alkanes) is 3. The van der Waals surface area contributed by atoms with Crippen molar-refractivity contribution in [3.8, 4) is 5.75 Å². The van der Waals surface area contributed by atoms with Crippen molar-refractivity contribution in [2.45, 2.75) is 141 Å². The van der Waals surface area contributed by atoms with Crippen LogP contribution in [0.4, 0.5) is 4.39 Å². The van der Waals surface area contributed by atoms with Gasteiger partial charge in [0.1, 0.15) is 11.9 Å². The molecule has 0 spiro atoms. The van der Waals surface area contributed by atoms with E-state index in [1.165, 1.54) is 37.7 Å². The number of aromatic hydroxyl groups is 1. The monoisotopic (exact) mass is 645 g/mol. The Morgan fingerprint density at radius 2 is 1.68 bits per heavy atom. The van der Waals surface area contributed by atoms with Gasteiger partial charge < -0.3 is 15.1 Å². The number of aryl methyl sites for hydroxylation is 1. The van der Waals surface area contributed by atoms with Crippen LogP contribution in [-0.4, -0.2) is 46.4 Å². The number of hydrogen-bond donors (Lipinski definition) is 2. The van der Waals surface area contributed by atoms with Crippen molar-refractivity contribution in [1.29, 1.82) is 0 Å². The third kappa shape index (κ3) is 8.09. The zero-order valence-electron chi connectivity index (χ0n) is 28.9. The summed E-state index contributed by atoms with van der Waals surface area (Å²) in [6.07, 6.45) is 17.5. The minimum Gasteiger partial charge on any atom is -0.508 e. The molecule has 0 radical (unpaired) electrons. The molecule has 47 heavy (non-hydrogen) atoms. The van der Waals surface area contributed by atoms with E-state index in [-0.39, 0.29) is 23.0 Å². The van der Waals surface area contributed by atoms with Crippen LogP contribution < -0.4 is 0 Å². The molecule has 3 saturated carbocycles. The Balaban J connectivity index is 1.02. The third-order valence-corrected chi connectivity index (χ3v) is 13.1. The van der Waals surface area contributed by atoms with Crippen LogP contribution in [0.1, 0.15) is 132 Å². The number of rotatable bonds is 14.